The largest absolute Gasteiger partial charge is 0.353 e. The van der Waals surface area contributed by atoms with E-state index < -0.39 is 0 Å². The molecule has 0 saturated heterocycles. The first kappa shape index (κ1) is 23.0. The molecule has 0 spiro atoms. The van der Waals surface area contributed by atoms with Gasteiger partial charge in [-0.1, -0.05) is 65.2 Å². The Hall–Kier alpha value is -1.06. The lowest BCUT2D eigenvalue weighted by molar-refractivity contribution is -0.123. The van der Waals surface area contributed by atoms with Gasteiger partial charge in [0, 0.05) is 24.9 Å². The third-order valence-corrected chi connectivity index (χ3v) is 5.47. The monoisotopic (exact) mass is 366 g/mol. The van der Waals surface area contributed by atoms with E-state index in [9.17, 15) is 9.59 Å². The van der Waals surface area contributed by atoms with Crippen LogP contribution in [-0.2, 0) is 9.59 Å². The third kappa shape index (κ3) is 11.5. The molecule has 0 aromatic rings. The van der Waals surface area contributed by atoms with Crippen molar-refractivity contribution in [3.8, 4) is 0 Å². The first-order valence-electron chi connectivity index (χ1n) is 11.2. The highest BCUT2D eigenvalue weighted by Crippen LogP contribution is 2.19. The molecule has 2 amide bonds. The van der Waals surface area contributed by atoms with Crippen molar-refractivity contribution in [2.24, 2.45) is 0 Å². The Kier molecular flexibility index (Phi) is 13.3. The fraction of sp³-hybridized carbons (Fsp3) is 0.909. The van der Waals surface area contributed by atoms with Gasteiger partial charge < -0.3 is 10.6 Å². The van der Waals surface area contributed by atoms with Crippen molar-refractivity contribution in [3.05, 3.63) is 0 Å². The number of nitrogens with one attached hydrogen (secondary N) is 2. The van der Waals surface area contributed by atoms with Crippen molar-refractivity contribution in [1.29, 1.82) is 0 Å². The van der Waals surface area contributed by atoms with E-state index in [1.54, 1.807) is 0 Å². The number of hydrogen-bond acceptors (Lipinski definition) is 2. The number of carbonyl (C=O) groups excluding carboxylic acids is 2. The van der Waals surface area contributed by atoms with Gasteiger partial charge in [-0.05, 0) is 38.5 Å². The van der Waals surface area contributed by atoms with Gasteiger partial charge in [0.25, 0.3) is 0 Å². The quantitative estimate of drug-likeness (QED) is 0.412. The summed E-state index contributed by atoms with van der Waals surface area (Å²) in [6, 6.07) is 0.612. The maximum Gasteiger partial charge on any atom is 0.220 e. The van der Waals surface area contributed by atoms with Crippen LogP contribution in [0.3, 0.4) is 0 Å². The lowest BCUT2D eigenvalue weighted by atomic mass is 9.91. The van der Waals surface area contributed by atoms with E-state index in [-0.39, 0.29) is 11.8 Å². The molecule has 0 atom stereocenters. The maximum atomic E-state index is 12.0. The molecular formula is C22H42N2O2. The van der Waals surface area contributed by atoms with Gasteiger partial charge in [0.05, 0.1) is 0 Å². The molecule has 1 aliphatic carbocycles. The van der Waals surface area contributed by atoms with E-state index in [4.69, 9.17) is 0 Å². The van der Waals surface area contributed by atoms with Crippen LogP contribution in [0.5, 0.6) is 0 Å². The molecule has 1 rings (SSSR count). The summed E-state index contributed by atoms with van der Waals surface area (Å²) < 4.78 is 0. The summed E-state index contributed by atoms with van der Waals surface area (Å²) >= 11 is 0. The normalized spacial score (nSPS) is 19.9. The minimum atomic E-state index is 0.209. The highest BCUT2D eigenvalue weighted by Gasteiger charge is 2.23. The Labute approximate surface area is 161 Å². The third-order valence-electron chi connectivity index (χ3n) is 5.47. The first-order chi connectivity index (χ1) is 12.7. The van der Waals surface area contributed by atoms with Gasteiger partial charge in [-0.2, -0.15) is 0 Å². The molecule has 2 N–H and O–H groups in total. The van der Waals surface area contributed by atoms with Crippen molar-refractivity contribution < 1.29 is 9.59 Å². The SMILES string of the molecule is CCCCCCCC(=O)NC1CCC(NC(=O)CCCCCCC)CC1. The zero-order valence-electron chi connectivity index (χ0n) is 17.3. The van der Waals surface area contributed by atoms with Gasteiger partial charge in [-0.25, -0.2) is 0 Å². The van der Waals surface area contributed by atoms with Crippen LogP contribution in [0.2, 0.25) is 0 Å². The fourth-order valence-corrected chi connectivity index (χ4v) is 3.76. The molecule has 0 aromatic heterocycles. The van der Waals surface area contributed by atoms with Gasteiger partial charge >= 0.3 is 0 Å². The average Bonchev–Trinajstić information content (AvgIpc) is 2.63. The molecule has 0 radical (unpaired) electrons. The van der Waals surface area contributed by atoms with Gasteiger partial charge in [-0.3, -0.25) is 9.59 Å². The minimum absolute atomic E-state index is 0.209. The van der Waals surface area contributed by atoms with Crippen LogP contribution >= 0.6 is 0 Å². The van der Waals surface area contributed by atoms with E-state index in [2.05, 4.69) is 24.5 Å². The van der Waals surface area contributed by atoms with Gasteiger partial charge in [0.2, 0.25) is 11.8 Å². The molecule has 4 heteroatoms. The van der Waals surface area contributed by atoms with E-state index in [0.29, 0.717) is 24.9 Å². The molecule has 152 valence electrons. The molecule has 0 heterocycles. The molecule has 0 aromatic carbocycles. The number of amides is 2. The molecule has 0 bridgehead atoms. The van der Waals surface area contributed by atoms with Crippen molar-refractivity contribution >= 4 is 11.8 Å². The number of unbranched alkanes of at least 4 members (excludes halogenated alkanes) is 8. The Bertz CT molecular complexity index is 340. The minimum Gasteiger partial charge on any atom is -0.353 e. The van der Waals surface area contributed by atoms with E-state index >= 15 is 0 Å². The van der Waals surface area contributed by atoms with Crippen LogP contribution in [0.4, 0.5) is 0 Å². The number of hydrogen-bond donors (Lipinski definition) is 2. The van der Waals surface area contributed by atoms with Crippen LogP contribution in [0.1, 0.15) is 117 Å². The molecule has 4 nitrogen and oxygen atoms in total. The summed E-state index contributed by atoms with van der Waals surface area (Å²) in [6.07, 6.45) is 17.2. The van der Waals surface area contributed by atoms with E-state index in [1.807, 2.05) is 0 Å². The van der Waals surface area contributed by atoms with E-state index in [0.717, 1.165) is 38.5 Å². The zero-order chi connectivity index (χ0) is 19.0. The maximum absolute atomic E-state index is 12.0. The second-order valence-electron chi connectivity index (χ2n) is 8.01. The molecule has 26 heavy (non-hydrogen) atoms. The topological polar surface area (TPSA) is 58.2 Å². The highest BCUT2D eigenvalue weighted by atomic mass is 16.2. The van der Waals surface area contributed by atoms with Gasteiger partial charge in [0.15, 0.2) is 0 Å². The van der Waals surface area contributed by atoms with Crippen molar-refractivity contribution in [2.75, 3.05) is 0 Å². The first-order valence-corrected chi connectivity index (χ1v) is 11.2. The molecule has 1 aliphatic rings. The van der Waals surface area contributed by atoms with Crippen molar-refractivity contribution in [3.63, 3.8) is 0 Å². The lowest BCUT2D eigenvalue weighted by Gasteiger charge is -2.29. The second-order valence-corrected chi connectivity index (χ2v) is 8.01. The lowest BCUT2D eigenvalue weighted by Crippen LogP contribution is -2.43. The van der Waals surface area contributed by atoms with Crippen molar-refractivity contribution in [2.45, 2.75) is 129 Å². The highest BCUT2D eigenvalue weighted by molar-refractivity contribution is 5.76. The Morgan fingerprint density at radius 1 is 0.615 bits per heavy atom. The predicted octanol–water partition coefficient (Wildman–Crippen LogP) is 5.25. The molecule has 0 aliphatic heterocycles. The number of rotatable bonds is 14. The predicted molar refractivity (Wildman–Crippen MR) is 109 cm³/mol. The molecule has 0 unspecified atom stereocenters. The van der Waals surface area contributed by atoms with Gasteiger partial charge in [0.1, 0.15) is 0 Å². The molecular weight excluding hydrogens is 324 g/mol. The van der Waals surface area contributed by atoms with Crippen LogP contribution in [-0.4, -0.2) is 23.9 Å². The van der Waals surface area contributed by atoms with Crippen LogP contribution < -0.4 is 10.6 Å². The standard InChI is InChI=1S/C22H42N2O2/c1-3-5-7-9-11-13-21(25)23-19-15-17-20(18-16-19)24-22(26)14-12-10-8-6-4-2/h19-20H,3-18H2,1-2H3,(H,23,25)(H,24,26). The summed E-state index contributed by atoms with van der Waals surface area (Å²) in [6.45, 7) is 4.41. The van der Waals surface area contributed by atoms with Crippen LogP contribution in [0.15, 0.2) is 0 Å². The Balaban J connectivity index is 2.05. The smallest absolute Gasteiger partial charge is 0.220 e. The zero-order valence-corrected chi connectivity index (χ0v) is 17.3. The fourth-order valence-electron chi connectivity index (χ4n) is 3.76. The van der Waals surface area contributed by atoms with Crippen LogP contribution in [0.25, 0.3) is 0 Å². The summed E-state index contributed by atoms with van der Waals surface area (Å²) in [7, 11) is 0. The molecule has 1 fully saturated rings. The average molecular weight is 367 g/mol. The van der Waals surface area contributed by atoms with E-state index in [1.165, 1.54) is 51.4 Å². The van der Waals surface area contributed by atoms with Crippen molar-refractivity contribution in [1.82, 2.24) is 10.6 Å². The van der Waals surface area contributed by atoms with Gasteiger partial charge in [-0.15, -0.1) is 0 Å². The second kappa shape index (κ2) is 15.0. The number of carbonyl (C=O) groups is 2. The summed E-state index contributed by atoms with van der Waals surface area (Å²) in [4.78, 5) is 24.0. The Morgan fingerprint density at radius 3 is 1.31 bits per heavy atom. The van der Waals surface area contributed by atoms with Crippen LogP contribution in [0, 0.1) is 0 Å². The summed E-state index contributed by atoms with van der Waals surface area (Å²) in [5, 5.41) is 6.37. The summed E-state index contributed by atoms with van der Waals surface area (Å²) in [5.41, 5.74) is 0. The summed E-state index contributed by atoms with van der Waals surface area (Å²) in [5.74, 6) is 0.419. The molecule has 1 saturated carbocycles. The Morgan fingerprint density at radius 2 is 0.962 bits per heavy atom.